The Kier molecular flexibility index (Phi) is 6.90. The summed E-state index contributed by atoms with van der Waals surface area (Å²) in [6.07, 6.45) is 0. The molecule has 0 saturated carbocycles. The number of nitrogens with zero attached hydrogens (tertiary/aromatic N) is 2. The molecule has 1 fully saturated rings. The van der Waals surface area contributed by atoms with E-state index in [9.17, 15) is 24.8 Å². The molecule has 1 amide bonds. The average molecular weight is 535 g/mol. The number of benzene rings is 3. The molecule has 1 aliphatic heterocycles. The molecule has 1 N–H and O–H groups in total. The van der Waals surface area contributed by atoms with Crippen LogP contribution >= 0.6 is 11.3 Å². The van der Waals surface area contributed by atoms with E-state index in [1.807, 2.05) is 36.6 Å². The standard InChI is InChI=1S/C32H26N2O4S/c1-20-10-14-23(15-11-20)29(35)26-27(25-9-6-18-39-25)32(2,31(37)38)34(30(36)24-7-4-3-5-8-24)28(26)22-16-12-21(19-33)13-17-22/h3-18,26-28H,1-2H3,(H,37,38). The zero-order valence-electron chi connectivity index (χ0n) is 21.4. The molecule has 3 aromatic carbocycles. The van der Waals surface area contributed by atoms with E-state index in [-0.39, 0.29) is 5.78 Å². The number of carbonyl (C=O) groups excluding carboxylic acids is 2. The maximum absolute atomic E-state index is 14.4. The Bertz CT molecular complexity index is 1560. The molecule has 6 nitrogen and oxygen atoms in total. The number of amides is 1. The zero-order valence-corrected chi connectivity index (χ0v) is 22.3. The second-order valence-electron chi connectivity index (χ2n) is 9.92. The number of carboxylic acid groups (broad SMARTS) is 1. The highest BCUT2D eigenvalue weighted by Gasteiger charge is 2.65. The van der Waals surface area contributed by atoms with Gasteiger partial charge in [-0.15, -0.1) is 11.3 Å². The summed E-state index contributed by atoms with van der Waals surface area (Å²) < 4.78 is 0. The predicted molar refractivity (Wildman–Crippen MR) is 149 cm³/mol. The fraction of sp³-hybridized carbons (Fsp3) is 0.188. The number of carbonyl (C=O) groups is 3. The largest absolute Gasteiger partial charge is 0.479 e. The second-order valence-corrected chi connectivity index (χ2v) is 10.9. The van der Waals surface area contributed by atoms with Gasteiger partial charge in [0.25, 0.3) is 5.91 Å². The van der Waals surface area contributed by atoms with Crippen molar-refractivity contribution in [3.8, 4) is 6.07 Å². The fourth-order valence-corrected chi connectivity index (χ4v) is 6.66. The summed E-state index contributed by atoms with van der Waals surface area (Å²) >= 11 is 1.37. The van der Waals surface area contributed by atoms with Gasteiger partial charge in [0, 0.05) is 21.9 Å². The highest BCUT2D eigenvalue weighted by molar-refractivity contribution is 7.10. The van der Waals surface area contributed by atoms with Crippen molar-refractivity contribution in [2.45, 2.75) is 31.3 Å². The maximum atomic E-state index is 14.4. The molecule has 1 saturated heterocycles. The lowest BCUT2D eigenvalue weighted by Gasteiger charge is -2.37. The highest BCUT2D eigenvalue weighted by Crippen LogP contribution is 2.57. The van der Waals surface area contributed by atoms with Crippen molar-refractivity contribution in [3.05, 3.63) is 129 Å². The van der Waals surface area contributed by atoms with Crippen LogP contribution in [0.3, 0.4) is 0 Å². The molecule has 0 spiro atoms. The van der Waals surface area contributed by atoms with Crippen LogP contribution in [-0.2, 0) is 4.79 Å². The first-order valence-electron chi connectivity index (χ1n) is 12.5. The van der Waals surface area contributed by atoms with Gasteiger partial charge in [-0.2, -0.15) is 5.26 Å². The van der Waals surface area contributed by atoms with Gasteiger partial charge in [-0.25, -0.2) is 4.79 Å². The number of carboxylic acids is 1. The Hall–Kier alpha value is -4.54. The van der Waals surface area contributed by atoms with Crippen molar-refractivity contribution in [2.75, 3.05) is 0 Å². The number of hydrogen-bond donors (Lipinski definition) is 1. The minimum atomic E-state index is -1.75. The minimum absolute atomic E-state index is 0.237. The fourth-order valence-electron chi connectivity index (χ4n) is 5.66. The molecule has 194 valence electrons. The minimum Gasteiger partial charge on any atom is -0.479 e. The predicted octanol–water partition coefficient (Wildman–Crippen LogP) is 6.25. The van der Waals surface area contributed by atoms with Crippen LogP contribution in [0.5, 0.6) is 0 Å². The van der Waals surface area contributed by atoms with Crippen molar-refractivity contribution >= 4 is 29.0 Å². The van der Waals surface area contributed by atoms with Crippen LogP contribution in [-0.4, -0.2) is 33.2 Å². The lowest BCUT2D eigenvalue weighted by atomic mass is 9.74. The SMILES string of the molecule is Cc1ccc(C(=O)C2C(c3ccc(C#N)cc3)N(C(=O)c3ccccc3)C(C)(C(=O)O)C2c2cccs2)cc1. The molecule has 0 radical (unpaired) electrons. The van der Waals surface area contributed by atoms with Gasteiger partial charge in [-0.1, -0.05) is 66.2 Å². The first kappa shape index (κ1) is 26.1. The number of likely N-dealkylation sites (tertiary alicyclic amines) is 1. The Morgan fingerprint density at radius 1 is 0.897 bits per heavy atom. The third kappa shape index (κ3) is 4.43. The van der Waals surface area contributed by atoms with Crippen LogP contribution in [0.25, 0.3) is 0 Å². The van der Waals surface area contributed by atoms with E-state index in [1.54, 1.807) is 73.7 Å². The van der Waals surface area contributed by atoms with Crippen molar-refractivity contribution in [2.24, 2.45) is 5.92 Å². The van der Waals surface area contributed by atoms with Crippen LogP contribution in [0.2, 0.25) is 0 Å². The molecule has 4 unspecified atom stereocenters. The van der Waals surface area contributed by atoms with E-state index in [0.29, 0.717) is 27.1 Å². The Morgan fingerprint density at radius 2 is 1.56 bits per heavy atom. The molecule has 5 rings (SSSR count). The topological polar surface area (TPSA) is 98.5 Å². The molecule has 7 heteroatoms. The molecule has 1 aromatic heterocycles. The van der Waals surface area contributed by atoms with Gasteiger partial charge in [0.05, 0.1) is 23.6 Å². The number of hydrogen-bond acceptors (Lipinski definition) is 5. The van der Waals surface area contributed by atoms with Crippen LogP contribution in [0.15, 0.2) is 96.4 Å². The number of nitriles is 1. The number of aliphatic carboxylic acids is 1. The van der Waals surface area contributed by atoms with Crippen molar-refractivity contribution < 1.29 is 19.5 Å². The van der Waals surface area contributed by atoms with Crippen molar-refractivity contribution in [3.63, 3.8) is 0 Å². The summed E-state index contributed by atoms with van der Waals surface area (Å²) in [6, 6.07) is 27.3. The van der Waals surface area contributed by atoms with E-state index in [4.69, 9.17) is 0 Å². The molecule has 0 aliphatic carbocycles. The van der Waals surface area contributed by atoms with Crippen molar-refractivity contribution in [1.29, 1.82) is 5.26 Å². The van der Waals surface area contributed by atoms with Gasteiger partial charge in [-0.3, -0.25) is 9.59 Å². The summed E-state index contributed by atoms with van der Waals surface area (Å²) in [5.41, 5.74) is 1.05. The number of rotatable bonds is 6. The number of thiophene rings is 1. The molecule has 2 heterocycles. The summed E-state index contributed by atoms with van der Waals surface area (Å²) in [7, 11) is 0. The lowest BCUT2D eigenvalue weighted by Crippen LogP contribution is -2.54. The maximum Gasteiger partial charge on any atom is 0.330 e. The second kappa shape index (κ2) is 10.3. The first-order chi connectivity index (χ1) is 18.8. The number of Topliss-reactive ketones (excluding diaryl/α,β-unsaturated/α-hetero) is 1. The quantitative estimate of drug-likeness (QED) is 0.295. The van der Waals surface area contributed by atoms with E-state index in [2.05, 4.69) is 6.07 Å². The smallest absolute Gasteiger partial charge is 0.330 e. The van der Waals surface area contributed by atoms with E-state index >= 15 is 0 Å². The van der Waals surface area contributed by atoms with Gasteiger partial charge in [0.2, 0.25) is 0 Å². The van der Waals surface area contributed by atoms with E-state index in [0.717, 1.165) is 5.56 Å². The lowest BCUT2D eigenvalue weighted by molar-refractivity contribution is -0.148. The van der Waals surface area contributed by atoms with E-state index < -0.39 is 35.3 Å². The summed E-state index contributed by atoms with van der Waals surface area (Å²) in [6.45, 7) is 3.47. The molecule has 4 aromatic rings. The molecule has 1 aliphatic rings. The molecule has 0 bridgehead atoms. The van der Waals surface area contributed by atoms with E-state index in [1.165, 1.54) is 16.2 Å². The summed E-state index contributed by atoms with van der Waals surface area (Å²) in [4.78, 5) is 44.0. The van der Waals surface area contributed by atoms with Crippen LogP contribution in [0.1, 0.15) is 61.2 Å². The molecular weight excluding hydrogens is 508 g/mol. The number of aryl methyl sites for hydroxylation is 1. The normalized spacial score (nSPS) is 22.3. The van der Waals surface area contributed by atoms with Gasteiger partial charge in [-0.05, 0) is 55.1 Å². The van der Waals surface area contributed by atoms with Gasteiger partial charge < -0.3 is 10.0 Å². The number of ketones is 1. The van der Waals surface area contributed by atoms with Gasteiger partial charge in [0.15, 0.2) is 5.78 Å². The zero-order chi connectivity index (χ0) is 27.7. The van der Waals surface area contributed by atoms with Crippen LogP contribution in [0, 0.1) is 24.2 Å². The average Bonchev–Trinajstić information content (AvgIpc) is 3.58. The molecule has 4 atom stereocenters. The summed E-state index contributed by atoms with van der Waals surface area (Å²) in [5, 5.41) is 22.0. The van der Waals surface area contributed by atoms with Crippen LogP contribution < -0.4 is 0 Å². The Morgan fingerprint density at radius 3 is 2.13 bits per heavy atom. The molecular formula is C32H26N2O4S. The summed E-state index contributed by atoms with van der Waals surface area (Å²) in [5.74, 6) is -3.62. The van der Waals surface area contributed by atoms with Crippen LogP contribution in [0.4, 0.5) is 0 Å². The third-order valence-electron chi connectivity index (χ3n) is 7.63. The van der Waals surface area contributed by atoms with Gasteiger partial charge >= 0.3 is 5.97 Å². The monoisotopic (exact) mass is 534 g/mol. The highest BCUT2D eigenvalue weighted by atomic mass is 32.1. The molecule has 39 heavy (non-hydrogen) atoms. The Labute approximate surface area is 230 Å². The van der Waals surface area contributed by atoms with Gasteiger partial charge in [0.1, 0.15) is 5.54 Å². The van der Waals surface area contributed by atoms with Crippen molar-refractivity contribution in [1.82, 2.24) is 4.90 Å². The third-order valence-corrected chi connectivity index (χ3v) is 8.58. The first-order valence-corrected chi connectivity index (χ1v) is 13.4. The Balaban J connectivity index is 1.80.